The summed E-state index contributed by atoms with van der Waals surface area (Å²) in [4.78, 5) is 33.9. The molecule has 0 bridgehead atoms. The minimum Gasteiger partial charge on any atom is -0.481 e. The van der Waals surface area contributed by atoms with Gasteiger partial charge in [0.25, 0.3) is 5.56 Å². The van der Waals surface area contributed by atoms with Gasteiger partial charge in [0, 0.05) is 11.8 Å². The van der Waals surface area contributed by atoms with Gasteiger partial charge in [-0.25, -0.2) is 9.97 Å². The summed E-state index contributed by atoms with van der Waals surface area (Å²) in [7, 11) is 0. The highest BCUT2D eigenvalue weighted by atomic mass is 16.4. The van der Waals surface area contributed by atoms with Crippen LogP contribution in [0.15, 0.2) is 29.1 Å². The molecule has 0 saturated heterocycles. The van der Waals surface area contributed by atoms with E-state index in [9.17, 15) is 9.59 Å². The molecule has 3 rings (SSSR count). The number of fused-ring (bicyclic) bond motifs is 2. The first-order chi connectivity index (χ1) is 10.0. The molecule has 21 heavy (non-hydrogen) atoms. The Labute approximate surface area is 119 Å². The first-order valence-corrected chi connectivity index (χ1v) is 6.55. The lowest BCUT2D eigenvalue weighted by molar-refractivity contribution is -0.137. The van der Waals surface area contributed by atoms with Gasteiger partial charge < -0.3 is 10.1 Å². The molecule has 0 fully saturated rings. The van der Waals surface area contributed by atoms with Crippen molar-refractivity contribution in [2.45, 2.75) is 19.8 Å². The average molecular weight is 283 g/mol. The molecule has 0 aliphatic rings. The number of nitrogens with one attached hydrogen (secondary N) is 1. The number of aryl methyl sites for hydroxylation is 2. The molecule has 0 amide bonds. The molecule has 3 aromatic rings. The van der Waals surface area contributed by atoms with Crippen molar-refractivity contribution in [3.05, 3.63) is 46.0 Å². The summed E-state index contributed by atoms with van der Waals surface area (Å²) in [6.07, 6.45) is 0.0924. The maximum atomic E-state index is 12.1. The van der Waals surface area contributed by atoms with Crippen molar-refractivity contribution in [3.63, 3.8) is 0 Å². The van der Waals surface area contributed by atoms with Gasteiger partial charge in [0.2, 0.25) is 0 Å². The molecule has 0 atom stereocenters. The van der Waals surface area contributed by atoms with Gasteiger partial charge in [0.15, 0.2) is 5.65 Å². The summed E-state index contributed by atoms with van der Waals surface area (Å²) in [6, 6.07) is 7.55. The summed E-state index contributed by atoms with van der Waals surface area (Å²) in [6.45, 7) is 1.97. The maximum Gasteiger partial charge on any atom is 0.303 e. The predicted molar refractivity (Wildman–Crippen MR) is 78.4 cm³/mol. The van der Waals surface area contributed by atoms with Gasteiger partial charge in [-0.15, -0.1) is 0 Å². The third-order valence-corrected chi connectivity index (χ3v) is 3.27. The third kappa shape index (κ3) is 2.60. The molecule has 2 N–H and O–H groups in total. The highest BCUT2D eigenvalue weighted by Crippen LogP contribution is 2.17. The van der Waals surface area contributed by atoms with Crippen LogP contribution in [0.5, 0.6) is 0 Å². The van der Waals surface area contributed by atoms with Gasteiger partial charge in [0.1, 0.15) is 5.82 Å². The minimum absolute atomic E-state index is 0.0822. The van der Waals surface area contributed by atoms with Crippen LogP contribution >= 0.6 is 0 Å². The normalized spacial score (nSPS) is 11.1. The zero-order chi connectivity index (χ0) is 15.0. The van der Waals surface area contributed by atoms with E-state index >= 15 is 0 Å². The lowest BCUT2D eigenvalue weighted by Gasteiger charge is -2.04. The Hall–Kier alpha value is -2.76. The van der Waals surface area contributed by atoms with Crippen LogP contribution in [0.4, 0.5) is 0 Å². The number of aromatic amines is 1. The Bertz CT molecular complexity index is 915. The summed E-state index contributed by atoms with van der Waals surface area (Å²) in [5, 5.41) is 9.98. The van der Waals surface area contributed by atoms with E-state index in [0.717, 1.165) is 16.5 Å². The molecule has 106 valence electrons. The first kappa shape index (κ1) is 13.2. The molecule has 0 radical (unpaired) electrons. The molecular weight excluding hydrogens is 270 g/mol. The summed E-state index contributed by atoms with van der Waals surface area (Å²) >= 11 is 0. The summed E-state index contributed by atoms with van der Waals surface area (Å²) in [5.74, 6) is -0.589. The number of benzene rings is 1. The Kier molecular flexibility index (Phi) is 3.13. The van der Waals surface area contributed by atoms with E-state index < -0.39 is 5.97 Å². The van der Waals surface area contributed by atoms with Crippen molar-refractivity contribution >= 4 is 27.9 Å². The number of aliphatic carboxylic acids is 1. The number of hydrogen-bond donors (Lipinski definition) is 2. The zero-order valence-corrected chi connectivity index (χ0v) is 11.4. The lowest BCUT2D eigenvalue weighted by atomic mass is 10.1. The fourth-order valence-corrected chi connectivity index (χ4v) is 2.22. The van der Waals surface area contributed by atoms with E-state index in [4.69, 9.17) is 5.11 Å². The van der Waals surface area contributed by atoms with Gasteiger partial charge in [-0.2, -0.15) is 0 Å². The fraction of sp³-hybridized carbons (Fsp3) is 0.200. The van der Waals surface area contributed by atoms with E-state index in [0.29, 0.717) is 16.9 Å². The molecular formula is C15H13N3O3. The van der Waals surface area contributed by atoms with Crippen LogP contribution < -0.4 is 5.56 Å². The largest absolute Gasteiger partial charge is 0.481 e. The molecule has 6 heteroatoms. The van der Waals surface area contributed by atoms with Crippen molar-refractivity contribution < 1.29 is 9.90 Å². The Morgan fingerprint density at radius 3 is 2.86 bits per heavy atom. The van der Waals surface area contributed by atoms with Crippen LogP contribution in [0, 0.1) is 6.92 Å². The Balaban J connectivity index is 2.18. The molecule has 0 unspecified atom stereocenters. The SMILES string of the molecule is Cc1ccc2cc3c(=O)[nH]c(CCC(=O)O)nc3nc2c1. The van der Waals surface area contributed by atoms with Crippen molar-refractivity contribution in [1.82, 2.24) is 15.0 Å². The van der Waals surface area contributed by atoms with Crippen LogP contribution in [0.3, 0.4) is 0 Å². The first-order valence-electron chi connectivity index (χ1n) is 6.55. The second kappa shape index (κ2) is 4.97. The molecule has 6 nitrogen and oxygen atoms in total. The van der Waals surface area contributed by atoms with Crippen molar-refractivity contribution in [2.75, 3.05) is 0 Å². The molecule has 2 heterocycles. The number of rotatable bonds is 3. The second-order valence-electron chi connectivity index (χ2n) is 4.96. The van der Waals surface area contributed by atoms with Crippen LogP contribution in [0.25, 0.3) is 21.9 Å². The zero-order valence-electron chi connectivity index (χ0n) is 11.4. The van der Waals surface area contributed by atoms with E-state index in [2.05, 4.69) is 15.0 Å². The van der Waals surface area contributed by atoms with Crippen LogP contribution in [0.2, 0.25) is 0 Å². The van der Waals surface area contributed by atoms with Gasteiger partial charge in [-0.3, -0.25) is 9.59 Å². The number of carboxylic acid groups (broad SMARTS) is 1. The maximum absolute atomic E-state index is 12.1. The van der Waals surface area contributed by atoms with Crippen molar-refractivity contribution in [1.29, 1.82) is 0 Å². The van der Waals surface area contributed by atoms with E-state index in [1.807, 2.05) is 25.1 Å². The number of H-pyrrole nitrogens is 1. The van der Waals surface area contributed by atoms with Gasteiger partial charge in [-0.1, -0.05) is 12.1 Å². The topological polar surface area (TPSA) is 95.9 Å². The van der Waals surface area contributed by atoms with E-state index in [1.54, 1.807) is 6.07 Å². The number of nitrogens with zero attached hydrogens (tertiary/aromatic N) is 2. The van der Waals surface area contributed by atoms with Crippen LogP contribution in [0.1, 0.15) is 17.8 Å². The van der Waals surface area contributed by atoms with E-state index in [1.165, 1.54) is 0 Å². The Morgan fingerprint density at radius 1 is 1.29 bits per heavy atom. The van der Waals surface area contributed by atoms with Gasteiger partial charge in [-0.05, 0) is 24.6 Å². The number of aromatic nitrogens is 3. The Morgan fingerprint density at radius 2 is 2.10 bits per heavy atom. The number of carboxylic acids is 1. The highest BCUT2D eigenvalue weighted by Gasteiger charge is 2.08. The van der Waals surface area contributed by atoms with Crippen LogP contribution in [-0.2, 0) is 11.2 Å². The summed E-state index contributed by atoms with van der Waals surface area (Å²) in [5.41, 5.74) is 1.89. The monoisotopic (exact) mass is 283 g/mol. The standard InChI is InChI=1S/C15H13N3O3/c1-8-2-3-9-7-10-14(16-11(9)6-8)17-12(18-15(10)21)4-5-13(19)20/h2-3,6-7H,4-5H2,1H3,(H,19,20)(H,16,17,18,21). The second-order valence-corrected chi connectivity index (χ2v) is 4.96. The molecule has 0 aliphatic heterocycles. The average Bonchev–Trinajstić information content (AvgIpc) is 2.43. The quantitative estimate of drug-likeness (QED) is 0.714. The van der Waals surface area contributed by atoms with Crippen molar-refractivity contribution in [2.24, 2.45) is 0 Å². The number of carbonyl (C=O) groups is 1. The van der Waals surface area contributed by atoms with Gasteiger partial charge >= 0.3 is 5.97 Å². The van der Waals surface area contributed by atoms with Gasteiger partial charge in [0.05, 0.1) is 17.3 Å². The minimum atomic E-state index is -0.931. The third-order valence-electron chi connectivity index (χ3n) is 3.27. The molecule has 1 aromatic carbocycles. The fourth-order valence-electron chi connectivity index (χ4n) is 2.22. The molecule has 0 spiro atoms. The lowest BCUT2D eigenvalue weighted by Crippen LogP contribution is -2.13. The number of pyridine rings is 1. The molecule has 0 saturated carbocycles. The van der Waals surface area contributed by atoms with E-state index in [-0.39, 0.29) is 18.4 Å². The number of hydrogen-bond acceptors (Lipinski definition) is 4. The predicted octanol–water partition coefficient (Wildman–Crippen LogP) is 1.80. The van der Waals surface area contributed by atoms with Crippen molar-refractivity contribution in [3.8, 4) is 0 Å². The van der Waals surface area contributed by atoms with Crippen LogP contribution in [-0.4, -0.2) is 26.0 Å². The smallest absolute Gasteiger partial charge is 0.303 e. The molecule has 2 aromatic heterocycles. The summed E-state index contributed by atoms with van der Waals surface area (Å²) < 4.78 is 0. The highest BCUT2D eigenvalue weighted by molar-refractivity contribution is 5.90. The molecule has 0 aliphatic carbocycles.